The van der Waals surface area contributed by atoms with Crippen LogP contribution in [0.25, 0.3) is 0 Å². The molecule has 0 N–H and O–H groups in total. The number of rotatable bonds is 1. The lowest BCUT2D eigenvalue weighted by Gasteiger charge is -2.09. The monoisotopic (exact) mass is 246 g/mol. The second kappa shape index (κ2) is 3.67. The topological polar surface area (TPSA) is 35.0 Å². The molecule has 1 atom stereocenters. The number of nitrogens with zero attached hydrogens (tertiary/aromatic N) is 2. The first-order valence-electron chi connectivity index (χ1n) is 4.06. The van der Waals surface area contributed by atoms with Gasteiger partial charge in [-0.3, -0.25) is 0 Å². The minimum Gasteiger partial charge on any atom is -0.372 e. The summed E-state index contributed by atoms with van der Waals surface area (Å²) in [5.74, 6) is -0.408. The van der Waals surface area contributed by atoms with Crippen LogP contribution in [0.4, 0.5) is 4.39 Å². The van der Waals surface area contributed by atoms with Gasteiger partial charge in [0.15, 0.2) is 5.82 Å². The van der Waals surface area contributed by atoms with Crippen molar-refractivity contribution >= 4 is 15.9 Å². The minimum absolute atomic E-state index is 0.195. The Bertz CT molecular complexity index is 315. The molecule has 1 aliphatic heterocycles. The van der Waals surface area contributed by atoms with Crippen molar-refractivity contribution in [2.75, 3.05) is 6.61 Å². The van der Waals surface area contributed by atoms with Gasteiger partial charge < -0.3 is 4.74 Å². The summed E-state index contributed by atoms with van der Waals surface area (Å²) in [6.45, 7) is 0.686. The van der Waals surface area contributed by atoms with E-state index in [0.717, 1.165) is 12.8 Å². The fourth-order valence-corrected chi connectivity index (χ4v) is 1.67. The van der Waals surface area contributed by atoms with E-state index in [9.17, 15) is 4.39 Å². The van der Waals surface area contributed by atoms with E-state index in [-0.39, 0.29) is 10.7 Å². The smallest absolute Gasteiger partial charge is 0.180 e. The molecule has 1 aromatic rings. The van der Waals surface area contributed by atoms with Crippen molar-refractivity contribution in [2.45, 2.75) is 18.9 Å². The van der Waals surface area contributed by atoms with Crippen molar-refractivity contribution in [2.24, 2.45) is 0 Å². The summed E-state index contributed by atoms with van der Waals surface area (Å²) < 4.78 is 18.9. The molecular weight excluding hydrogens is 239 g/mol. The summed E-state index contributed by atoms with van der Waals surface area (Å²) in [5, 5.41) is 0. The molecule has 1 saturated heterocycles. The third kappa shape index (κ3) is 1.71. The van der Waals surface area contributed by atoms with Gasteiger partial charge in [0.1, 0.15) is 22.7 Å². The Balaban J connectivity index is 2.33. The molecule has 5 heteroatoms. The molecule has 3 nitrogen and oxygen atoms in total. The molecule has 0 aliphatic carbocycles. The number of hydrogen-bond acceptors (Lipinski definition) is 3. The molecule has 0 aromatic carbocycles. The summed E-state index contributed by atoms with van der Waals surface area (Å²) in [6, 6.07) is 0. The predicted molar refractivity (Wildman–Crippen MR) is 47.6 cm³/mol. The molecule has 1 aromatic heterocycles. The van der Waals surface area contributed by atoms with Crippen molar-refractivity contribution in [3.63, 3.8) is 0 Å². The first-order valence-corrected chi connectivity index (χ1v) is 4.86. The summed E-state index contributed by atoms with van der Waals surface area (Å²) in [6.07, 6.45) is 2.94. The Labute approximate surface area is 83.5 Å². The molecule has 0 bridgehead atoms. The maximum atomic E-state index is 13.4. The highest BCUT2D eigenvalue weighted by atomic mass is 79.9. The predicted octanol–water partition coefficient (Wildman–Crippen LogP) is 2.23. The van der Waals surface area contributed by atoms with E-state index < -0.39 is 5.82 Å². The lowest BCUT2D eigenvalue weighted by molar-refractivity contribution is 0.105. The van der Waals surface area contributed by atoms with Crippen LogP contribution in [-0.2, 0) is 4.74 Å². The van der Waals surface area contributed by atoms with E-state index in [0.29, 0.717) is 12.3 Å². The van der Waals surface area contributed by atoms with Crippen LogP contribution in [0.2, 0.25) is 0 Å². The quantitative estimate of drug-likeness (QED) is 0.714. The average molecular weight is 247 g/mol. The van der Waals surface area contributed by atoms with Gasteiger partial charge >= 0.3 is 0 Å². The molecular formula is C8H8BrFN2O. The minimum atomic E-state index is -0.408. The zero-order valence-corrected chi connectivity index (χ0v) is 8.42. The van der Waals surface area contributed by atoms with Gasteiger partial charge in [-0.2, -0.15) is 0 Å². The summed E-state index contributed by atoms with van der Waals surface area (Å²) in [5.41, 5.74) is 0.361. The molecule has 0 amide bonds. The first-order chi connectivity index (χ1) is 6.29. The van der Waals surface area contributed by atoms with Gasteiger partial charge in [0.05, 0.1) is 0 Å². The Morgan fingerprint density at radius 3 is 3.08 bits per heavy atom. The van der Waals surface area contributed by atoms with Crippen LogP contribution >= 0.6 is 15.9 Å². The second-order valence-corrected chi connectivity index (χ2v) is 3.62. The van der Waals surface area contributed by atoms with E-state index in [2.05, 4.69) is 25.9 Å². The molecule has 1 aliphatic rings. The maximum Gasteiger partial charge on any atom is 0.180 e. The van der Waals surface area contributed by atoms with Crippen molar-refractivity contribution < 1.29 is 9.13 Å². The van der Waals surface area contributed by atoms with Crippen LogP contribution in [0.15, 0.2) is 10.9 Å². The van der Waals surface area contributed by atoms with Crippen LogP contribution in [0.5, 0.6) is 0 Å². The second-order valence-electron chi connectivity index (χ2n) is 2.87. The van der Waals surface area contributed by atoms with E-state index in [1.165, 1.54) is 6.33 Å². The third-order valence-corrected chi connectivity index (χ3v) is 2.56. The highest BCUT2D eigenvalue weighted by Gasteiger charge is 2.23. The average Bonchev–Trinajstić information content (AvgIpc) is 2.62. The fraction of sp³-hybridized carbons (Fsp3) is 0.500. The van der Waals surface area contributed by atoms with Crippen LogP contribution in [0, 0.1) is 5.82 Å². The third-order valence-electron chi connectivity index (χ3n) is 2.01. The van der Waals surface area contributed by atoms with Crippen LogP contribution < -0.4 is 0 Å². The Kier molecular flexibility index (Phi) is 2.55. The molecule has 70 valence electrons. The number of aromatic nitrogens is 2. The molecule has 0 spiro atoms. The standard InChI is InChI=1S/C8H8BrFN2O/c9-8-6(10)7(11-4-12-8)5-2-1-3-13-5/h4-5H,1-3H2. The Morgan fingerprint density at radius 2 is 2.38 bits per heavy atom. The lowest BCUT2D eigenvalue weighted by Crippen LogP contribution is -2.04. The van der Waals surface area contributed by atoms with Crippen molar-refractivity contribution in [3.05, 3.63) is 22.4 Å². The van der Waals surface area contributed by atoms with Crippen LogP contribution in [-0.4, -0.2) is 16.6 Å². The molecule has 0 saturated carbocycles. The summed E-state index contributed by atoms with van der Waals surface area (Å²) in [7, 11) is 0. The fourth-order valence-electron chi connectivity index (χ4n) is 1.38. The van der Waals surface area contributed by atoms with Crippen molar-refractivity contribution in [3.8, 4) is 0 Å². The van der Waals surface area contributed by atoms with Gasteiger partial charge in [0.25, 0.3) is 0 Å². The van der Waals surface area contributed by atoms with Gasteiger partial charge in [-0.1, -0.05) is 0 Å². The van der Waals surface area contributed by atoms with Gasteiger partial charge in [-0.15, -0.1) is 0 Å². The Morgan fingerprint density at radius 1 is 1.54 bits per heavy atom. The highest BCUT2D eigenvalue weighted by molar-refractivity contribution is 9.10. The zero-order chi connectivity index (χ0) is 9.26. The molecule has 1 fully saturated rings. The maximum absolute atomic E-state index is 13.4. The van der Waals surface area contributed by atoms with E-state index in [4.69, 9.17) is 4.74 Å². The molecule has 13 heavy (non-hydrogen) atoms. The van der Waals surface area contributed by atoms with Gasteiger partial charge in [-0.25, -0.2) is 14.4 Å². The van der Waals surface area contributed by atoms with E-state index in [1.54, 1.807) is 0 Å². The van der Waals surface area contributed by atoms with Gasteiger partial charge in [-0.05, 0) is 28.8 Å². The highest BCUT2D eigenvalue weighted by Crippen LogP contribution is 2.30. The van der Waals surface area contributed by atoms with E-state index in [1.807, 2.05) is 0 Å². The van der Waals surface area contributed by atoms with Crippen LogP contribution in [0.3, 0.4) is 0 Å². The van der Waals surface area contributed by atoms with Crippen LogP contribution in [0.1, 0.15) is 24.6 Å². The van der Waals surface area contributed by atoms with Crippen molar-refractivity contribution in [1.29, 1.82) is 0 Å². The molecule has 0 radical (unpaired) electrons. The number of ether oxygens (including phenoxy) is 1. The lowest BCUT2D eigenvalue weighted by atomic mass is 10.2. The molecule has 1 unspecified atom stereocenters. The van der Waals surface area contributed by atoms with Gasteiger partial charge in [0.2, 0.25) is 0 Å². The SMILES string of the molecule is Fc1c(Br)ncnc1C1CCCO1. The van der Waals surface area contributed by atoms with Crippen molar-refractivity contribution in [1.82, 2.24) is 9.97 Å². The first kappa shape index (κ1) is 9.02. The number of hydrogen-bond donors (Lipinski definition) is 0. The zero-order valence-electron chi connectivity index (χ0n) is 6.83. The normalized spacial score (nSPS) is 22.2. The molecule has 2 rings (SSSR count). The number of halogens is 2. The Hall–Kier alpha value is -0.550. The largest absolute Gasteiger partial charge is 0.372 e. The van der Waals surface area contributed by atoms with E-state index >= 15 is 0 Å². The summed E-state index contributed by atoms with van der Waals surface area (Å²) >= 11 is 3.01. The van der Waals surface area contributed by atoms with Gasteiger partial charge in [0, 0.05) is 6.61 Å². The molecule has 2 heterocycles. The summed E-state index contributed by atoms with van der Waals surface area (Å²) in [4.78, 5) is 7.57.